The highest BCUT2D eigenvalue weighted by molar-refractivity contribution is 5.76. The maximum absolute atomic E-state index is 13.1. The molecular weight excluding hydrogens is 803 g/mol. The fraction of sp³-hybridized carbons (Fsp3) is 0.945. The van der Waals surface area contributed by atoms with E-state index in [-0.39, 0.29) is 12.5 Å². The fourth-order valence-electron chi connectivity index (χ4n) is 9.16. The number of rotatable bonds is 48. The molecule has 64 heavy (non-hydrogen) atoms. The van der Waals surface area contributed by atoms with Crippen LogP contribution in [-0.2, 0) is 14.3 Å². The molecule has 1 aliphatic rings. The molecule has 7 atom stereocenters. The predicted molar refractivity (Wildman–Crippen MR) is 267 cm³/mol. The summed E-state index contributed by atoms with van der Waals surface area (Å²) >= 11 is 0. The first-order chi connectivity index (χ1) is 31.3. The van der Waals surface area contributed by atoms with Crippen molar-refractivity contribution in [2.45, 2.75) is 320 Å². The SMILES string of the molecule is CCCCCCCCCCCCCC/C=C\CCCCCCCCCCC(=O)NC(COC1OC(CO)C(O)C(O)C1O)C(O)CCCCCCCCCCCCCCCCCCC. The van der Waals surface area contributed by atoms with Gasteiger partial charge in [-0.05, 0) is 38.5 Å². The molecule has 0 aliphatic carbocycles. The Labute approximate surface area is 395 Å². The number of nitrogens with one attached hydrogen (secondary N) is 1. The number of aliphatic hydroxyl groups is 5. The maximum atomic E-state index is 13.1. The Hall–Kier alpha value is -1.07. The molecule has 1 rings (SSSR count). The van der Waals surface area contributed by atoms with E-state index in [1.165, 1.54) is 212 Å². The highest BCUT2D eigenvalue weighted by atomic mass is 16.7. The van der Waals surface area contributed by atoms with Crippen molar-refractivity contribution in [3.63, 3.8) is 0 Å². The van der Waals surface area contributed by atoms with Crippen molar-refractivity contribution in [3.05, 3.63) is 12.2 Å². The van der Waals surface area contributed by atoms with Gasteiger partial charge in [-0.25, -0.2) is 0 Å². The largest absolute Gasteiger partial charge is 0.394 e. The van der Waals surface area contributed by atoms with Gasteiger partial charge in [-0.2, -0.15) is 0 Å². The Morgan fingerprint density at radius 2 is 0.875 bits per heavy atom. The third kappa shape index (κ3) is 35.1. The Kier molecular flexibility index (Phi) is 43.5. The van der Waals surface area contributed by atoms with E-state index in [1.54, 1.807) is 0 Å². The number of ether oxygens (including phenoxy) is 2. The molecule has 0 aromatic rings. The topological polar surface area (TPSA) is 149 Å². The van der Waals surface area contributed by atoms with Crippen LogP contribution < -0.4 is 5.32 Å². The number of unbranched alkanes of at least 4 members (excludes halogenated alkanes) is 36. The second-order valence-electron chi connectivity index (χ2n) is 19.7. The maximum Gasteiger partial charge on any atom is 0.220 e. The van der Waals surface area contributed by atoms with Crippen LogP contribution in [0, 0.1) is 0 Å². The lowest BCUT2D eigenvalue weighted by molar-refractivity contribution is -0.302. The Balaban J connectivity index is 2.21. The molecule has 6 N–H and O–H groups in total. The van der Waals surface area contributed by atoms with Crippen molar-refractivity contribution in [2.75, 3.05) is 13.2 Å². The van der Waals surface area contributed by atoms with Crippen LogP contribution in [0.25, 0.3) is 0 Å². The van der Waals surface area contributed by atoms with Crippen LogP contribution in [0.2, 0.25) is 0 Å². The van der Waals surface area contributed by atoms with Crippen LogP contribution in [0.3, 0.4) is 0 Å². The molecule has 0 saturated carbocycles. The quantitative estimate of drug-likeness (QED) is 0.0261. The molecule has 1 aliphatic heterocycles. The zero-order valence-electron chi connectivity index (χ0n) is 42.1. The zero-order chi connectivity index (χ0) is 46.6. The lowest BCUT2D eigenvalue weighted by Gasteiger charge is -2.40. The summed E-state index contributed by atoms with van der Waals surface area (Å²) in [5.41, 5.74) is 0. The van der Waals surface area contributed by atoms with Crippen molar-refractivity contribution in [3.8, 4) is 0 Å². The third-order valence-corrected chi connectivity index (χ3v) is 13.6. The Morgan fingerprint density at radius 3 is 1.27 bits per heavy atom. The van der Waals surface area contributed by atoms with Crippen molar-refractivity contribution < 1.29 is 39.8 Å². The van der Waals surface area contributed by atoms with Gasteiger partial charge in [-0.3, -0.25) is 4.79 Å². The van der Waals surface area contributed by atoms with Crippen LogP contribution >= 0.6 is 0 Å². The number of hydrogen-bond acceptors (Lipinski definition) is 8. The van der Waals surface area contributed by atoms with Crippen LogP contribution in [-0.4, -0.2) is 87.5 Å². The molecule has 7 unspecified atom stereocenters. The molecule has 0 aromatic carbocycles. The molecule has 0 spiro atoms. The van der Waals surface area contributed by atoms with Crippen molar-refractivity contribution >= 4 is 5.91 Å². The highest BCUT2D eigenvalue weighted by Crippen LogP contribution is 2.23. The summed E-state index contributed by atoms with van der Waals surface area (Å²) in [6.07, 6.45) is 48.0. The second kappa shape index (κ2) is 45.7. The molecule has 380 valence electrons. The Bertz CT molecular complexity index is 1010. The van der Waals surface area contributed by atoms with Gasteiger partial charge in [0.1, 0.15) is 24.4 Å². The first-order valence-corrected chi connectivity index (χ1v) is 27.9. The van der Waals surface area contributed by atoms with Gasteiger partial charge in [0.25, 0.3) is 0 Å². The summed E-state index contributed by atoms with van der Waals surface area (Å²) in [6, 6.07) is -0.717. The number of allylic oxidation sites excluding steroid dienone is 2. The monoisotopic (exact) mass is 910 g/mol. The summed E-state index contributed by atoms with van der Waals surface area (Å²) < 4.78 is 11.3. The number of aliphatic hydroxyl groups excluding tert-OH is 5. The fourth-order valence-corrected chi connectivity index (χ4v) is 9.16. The number of amides is 1. The predicted octanol–water partition coefficient (Wildman–Crippen LogP) is 13.2. The van der Waals surface area contributed by atoms with E-state index in [9.17, 15) is 30.3 Å². The average molecular weight is 910 g/mol. The second-order valence-corrected chi connectivity index (χ2v) is 19.7. The van der Waals surface area contributed by atoms with Crippen molar-refractivity contribution in [1.29, 1.82) is 0 Å². The smallest absolute Gasteiger partial charge is 0.220 e. The molecule has 0 bridgehead atoms. The minimum Gasteiger partial charge on any atom is -0.394 e. The summed E-state index contributed by atoms with van der Waals surface area (Å²) in [6.45, 7) is 3.87. The van der Waals surface area contributed by atoms with Gasteiger partial charge in [0.05, 0.1) is 25.4 Å². The van der Waals surface area contributed by atoms with E-state index in [4.69, 9.17) is 9.47 Å². The standard InChI is InChI=1S/C55H107NO8/c1-3-5-7-9-11-13-15-17-19-21-22-23-24-25-26-27-29-31-33-35-37-39-41-43-45-51(59)56-48(47-63-55-54(62)53(61)52(60)50(46-57)64-55)49(58)44-42-40-38-36-34-32-30-28-20-18-16-14-12-10-8-6-4-2/h25-26,48-50,52-55,57-58,60-62H,3-24,27-47H2,1-2H3,(H,56,59)/b26-25-. The van der Waals surface area contributed by atoms with Crippen LogP contribution in [0.5, 0.6) is 0 Å². The van der Waals surface area contributed by atoms with Gasteiger partial charge in [-0.15, -0.1) is 0 Å². The van der Waals surface area contributed by atoms with Crippen LogP contribution in [0.15, 0.2) is 12.2 Å². The molecule has 1 saturated heterocycles. The van der Waals surface area contributed by atoms with Gasteiger partial charge in [0.15, 0.2) is 6.29 Å². The molecule has 9 nitrogen and oxygen atoms in total. The Morgan fingerprint density at radius 1 is 0.516 bits per heavy atom. The van der Waals surface area contributed by atoms with E-state index < -0.39 is 49.5 Å². The number of hydrogen-bond donors (Lipinski definition) is 6. The van der Waals surface area contributed by atoms with Gasteiger partial charge in [0, 0.05) is 6.42 Å². The van der Waals surface area contributed by atoms with E-state index >= 15 is 0 Å². The lowest BCUT2D eigenvalue weighted by Crippen LogP contribution is -2.60. The van der Waals surface area contributed by atoms with Gasteiger partial charge in [-0.1, -0.05) is 244 Å². The lowest BCUT2D eigenvalue weighted by atomic mass is 9.99. The van der Waals surface area contributed by atoms with Crippen LogP contribution in [0.4, 0.5) is 0 Å². The molecule has 1 heterocycles. The number of carbonyl (C=O) groups excluding carboxylic acids is 1. The highest BCUT2D eigenvalue weighted by Gasteiger charge is 2.44. The summed E-state index contributed by atoms with van der Waals surface area (Å²) in [5.74, 6) is -0.143. The van der Waals surface area contributed by atoms with E-state index in [0.717, 1.165) is 38.5 Å². The number of carbonyl (C=O) groups is 1. The van der Waals surface area contributed by atoms with E-state index in [0.29, 0.717) is 12.8 Å². The molecule has 9 heteroatoms. The summed E-state index contributed by atoms with van der Waals surface area (Å²) in [4.78, 5) is 13.1. The third-order valence-electron chi connectivity index (χ3n) is 13.6. The molecule has 1 fully saturated rings. The van der Waals surface area contributed by atoms with E-state index in [2.05, 4.69) is 31.3 Å². The normalized spacial score (nSPS) is 20.0. The molecule has 0 radical (unpaired) electrons. The first-order valence-electron chi connectivity index (χ1n) is 27.9. The minimum atomic E-state index is -1.55. The van der Waals surface area contributed by atoms with Gasteiger partial charge >= 0.3 is 0 Å². The van der Waals surface area contributed by atoms with Gasteiger partial charge in [0.2, 0.25) is 5.91 Å². The average Bonchev–Trinajstić information content (AvgIpc) is 3.29. The van der Waals surface area contributed by atoms with Gasteiger partial charge < -0.3 is 40.3 Å². The first kappa shape index (κ1) is 60.9. The van der Waals surface area contributed by atoms with Crippen molar-refractivity contribution in [1.82, 2.24) is 5.32 Å². The summed E-state index contributed by atoms with van der Waals surface area (Å²) in [7, 11) is 0. The molecule has 1 amide bonds. The molecule has 0 aromatic heterocycles. The van der Waals surface area contributed by atoms with E-state index in [1.807, 2.05) is 0 Å². The summed E-state index contributed by atoms with van der Waals surface area (Å²) in [5, 5.41) is 54.6. The zero-order valence-corrected chi connectivity index (χ0v) is 42.1. The minimum absolute atomic E-state index is 0.135. The van der Waals surface area contributed by atoms with Crippen LogP contribution in [0.1, 0.15) is 277 Å². The molecular formula is C55H107NO8. The van der Waals surface area contributed by atoms with Crippen molar-refractivity contribution in [2.24, 2.45) is 0 Å².